The molecule has 0 aromatic carbocycles. The van der Waals surface area contributed by atoms with Crippen molar-refractivity contribution in [2.75, 3.05) is 0 Å². The number of nitrogens with zero attached hydrogens (tertiary/aromatic N) is 1. The van der Waals surface area contributed by atoms with Crippen molar-refractivity contribution in [2.24, 2.45) is 5.92 Å². The number of carboxylic acids is 1. The van der Waals surface area contributed by atoms with Gasteiger partial charge in [0.2, 0.25) is 6.41 Å². The zero-order valence-electron chi connectivity index (χ0n) is 9.85. The lowest BCUT2D eigenvalue weighted by molar-refractivity contribution is -0.239. The molecule has 15 heavy (non-hydrogen) atoms. The Morgan fingerprint density at radius 3 is 2.07 bits per heavy atom. The fourth-order valence-corrected chi connectivity index (χ4v) is 1.15. The van der Waals surface area contributed by atoms with Gasteiger partial charge in [-0.25, -0.2) is 9.86 Å². The van der Waals surface area contributed by atoms with Crippen LogP contribution < -0.4 is 0 Å². The van der Waals surface area contributed by atoms with Crippen LogP contribution in [-0.4, -0.2) is 34.2 Å². The van der Waals surface area contributed by atoms with Crippen LogP contribution in [0.4, 0.5) is 0 Å². The van der Waals surface area contributed by atoms with Crippen LogP contribution in [-0.2, 0) is 14.4 Å². The predicted molar refractivity (Wildman–Crippen MR) is 55.0 cm³/mol. The summed E-state index contributed by atoms with van der Waals surface area (Å²) in [6.07, 6.45) is 0.407. The maximum atomic E-state index is 10.9. The van der Waals surface area contributed by atoms with Crippen LogP contribution in [0.3, 0.4) is 0 Å². The summed E-state index contributed by atoms with van der Waals surface area (Å²) < 4.78 is 0. The van der Waals surface area contributed by atoms with E-state index in [1.165, 1.54) is 0 Å². The average molecular weight is 217 g/mol. The average Bonchev–Trinajstić information content (AvgIpc) is 1.98. The minimum Gasteiger partial charge on any atom is -0.480 e. The van der Waals surface area contributed by atoms with Gasteiger partial charge in [0.15, 0.2) is 6.04 Å². The highest BCUT2D eigenvalue weighted by molar-refractivity contribution is 5.76. The minimum absolute atomic E-state index is 0.213. The number of rotatable bonds is 5. The number of carboxylic acid groups (broad SMARTS) is 1. The van der Waals surface area contributed by atoms with Crippen LogP contribution >= 0.6 is 0 Å². The van der Waals surface area contributed by atoms with Crippen LogP contribution in [0.15, 0.2) is 0 Å². The van der Waals surface area contributed by atoms with Crippen molar-refractivity contribution in [1.82, 2.24) is 5.06 Å². The lowest BCUT2D eigenvalue weighted by Gasteiger charge is -2.32. The van der Waals surface area contributed by atoms with E-state index in [9.17, 15) is 9.59 Å². The number of hydrogen-bond donors (Lipinski definition) is 1. The number of hydrogen-bond acceptors (Lipinski definition) is 3. The van der Waals surface area contributed by atoms with Crippen LogP contribution in [0, 0.1) is 5.92 Å². The zero-order chi connectivity index (χ0) is 12.2. The Hall–Kier alpha value is -1.10. The number of aliphatic carboxylic acids is 1. The van der Waals surface area contributed by atoms with Crippen molar-refractivity contribution in [3.05, 3.63) is 0 Å². The molecule has 0 aliphatic rings. The smallest absolute Gasteiger partial charge is 0.329 e. The van der Waals surface area contributed by atoms with Gasteiger partial charge in [0, 0.05) is 0 Å². The molecule has 88 valence electrons. The third kappa shape index (κ3) is 4.78. The Morgan fingerprint density at radius 2 is 1.87 bits per heavy atom. The van der Waals surface area contributed by atoms with Crippen molar-refractivity contribution in [3.8, 4) is 0 Å². The molecule has 0 spiro atoms. The molecule has 0 unspecified atom stereocenters. The van der Waals surface area contributed by atoms with E-state index in [1.807, 2.05) is 0 Å². The van der Waals surface area contributed by atoms with Crippen molar-refractivity contribution >= 4 is 12.4 Å². The Morgan fingerprint density at radius 1 is 1.40 bits per heavy atom. The molecule has 1 atom stereocenters. The fourth-order valence-electron chi connectivity index (χ4n) is 1.15. The first-order valence-corrected chi connectivity index (χ1v) is 4.84. The molecular weight excluding hydrogens is 198 g/mol. The molecule has 0 bridgehead atoms. The molecule has 0 rings (SSSR count). The highest BCUT2D eigenvalue weighted by atomic mass is 16.7. The van der Waals surface area contributed by atoms with E-state index in [-0.39, 0.29) is 5.92 Å². The van der Waals surface area contributed by atoms with Crippen LogP contribution in [0.25, 0.3) is 0 Å². The number of amides is 1. The first kappa shape index (κ1) is 13.9. The molecule has 0 fully saturated rings. The van der Waals surface area contributed by atoms with Gasteiger partial charge in [0.05, 0.1) is 5.60 Å². The van der Waals surface area contributed by atoms with Gasteiger partial charge in [-0.3, -0.25) is 9.63 Å². The molecule has 0 aromatic rings. The number of carbonyl (C=O) groups excluding carboxylic acids is 1. The highest BCUT2D eigenvalue weighted by Crippen LogP contribution is 2.16. The molecule has 0 saturated carbocycles. The summed E-state index contributed by atoms with van der Waals surface area (Å²) in [6.45, 7) is 8.71. The molecule has 0 aliphatic carbocycles. The molecule has 0 aliphatic heterocycles. The molecule has 0 saturated heterocycles. The van der Waals surface area contributed by atoms with Gasteiger partial charge in [0.1, 0.15) is 0 Å². The highest BCUT2D eigenvalue weighted by Gasteiger charge is 2.31. The molecule has 0 aromatic heterocycles. The molecular formula is C10H19NO4. The van der Waals surface area contributed by atoms with Crippen molar-refractivity contribution in [1.29, 1.82) is 0 Å². The van der Waals surface area contributed by atoms with E-state index in [2.05, 4.69) is 0 Å². The summed E-state index contributed by atoms with van der Waals surface area (Å²) in [5, 5.41) is 9.83. The molecule has 1 amide bonds. The Balaban J connectivity index is 4.76. The monoisotopic (exact) mass is 217 g/mol. The zero-order valence-corrected chi connectivity index (χ0v) is 9.85. The van der Waals surface area contributed by atoms with Crippen molar-refractivity contribution < 1.29 is 19.5 Å². The van der Waals surface area contributed by atoms with Crippen LogP contribution in [0.2, 0.25) is 0 Å². The third-order valence-electron chi connectivity index (χ3n) is 1.64. The fraction of sp³-hybridized carbons (Fsp3) is 0.800. The van der Waals surface area contributed by atoms with Gasteiger partial charge in [-0.15, -0.1) is 0 Å². The Kier molecular flexibility index (Phi) is 4.74. The van der Waals surface area contributed by atoms with Gasteiger partial charge in [0.25, 0.3) is 0 Å². The van der Waals surface area contributed by atoms with Crippen molar-refractivity contribution in [2.45, 2.75) is 46.3 Å². The van der Waals surface area contributed by atoms with Gasteiger partial charge < -0.3 is 5.11 Å². The van der Waals surface area contributed by atoms with Gasteiger partial charge >= 0.3 is 5.97 Å². The molecule has 0 radical (unpaired) electrons. The first-order valence-electron chi connectivity index (χ1n) is 4.84. The maximum Gasteiger partial charge on any atom is 0.329 e. The Labute approximate surface area is 90.0 Å². The van der Waals surface area contributed by atoms with E-state index in [0.29, 0.717) is 6.41 Å². The van der Waals surface area contributed by atoms with Crippen molar-refractivity contribution in [3.63, 3.8) is 0 Å². The van der Waals surface area contributed by atoms with Crippen LogP contribution in [0.1, 0.15) is 34.6 Å². The normalized spacial score (nSPS) is 13.7. The topological polar surface area (TPSA) is 66.8 Å². The largest absolute Gasteiger partial charge is 0.480 e. The first-order chi connectivity index (χ1) is 6.69. The summed E-state index contributed by atoms with van der Waals surface area (Å²) in [6, 6.07) is -0.957. The maximum absolute atomic E-state index is 10.9. The van der Waals surface area contributed by atoms with E-state index in [1.54, 1.807) is 34.6 Å². The summed E-state index contributed by atoms with van der Waals surface area (Å²) in [7, 11) is 0. The van der Waals surface area contributed by atoms with Gasteiger partial charge in [-0.1, -0.05) is 13.8 Å². The standard InChI is InChI=1S/C10H19NO4/c1-7(2)8(9(13)14)11(6-12)15-10(3,4)5/h6-8H,1-5H3,(H,13,14)/t8-/m1/s1. The van der Waals surface area contributed by atoms with E-state index < -0.39 is 17.6 Å². The molecule has 1 N–H and O–H groups in total. The summed E-state index contributed by atoms with van der Waals surface area (Å²) in [4.78, 5) is 27.0. The van der Waals surface area contributed by atoms with Gasteiger partial charge in [-0.05, 0) is 26.7 Å². The Bertz CT molecular complexity index is 232. The van der Waals surface area contributed by atoms with E-state index in [4.69, 9.17) is 9.94 Å². The number of carbonyl (C=O) groups is 2. The molecule has 5 heteroatoms. The van der Waals surface area contributed by atoms with Crippen LogP contribution in [0.5, 0.6) is 0 Å². The lowest BCUT2D eigenvalue weighted by Crippen LogP contribution is -2.47. The summed E-state index contributed by atoms with van der Waals surface area (Å²) >= 11 is 0. The second kappa shape index (κ2) is 5.11. The second-order valence-electron chi connectivity index (χ2n) is 4.70. The third-order valence-corrected chi connectivity index (χ3v) is 1.64. The SMILES string of the molecule is CC(C)[C@H](C(=O)O)N(C=O)OC(C)(C)C. The van der Waals surface area contributed by atoms with E-state index >= 15 is 0 Å². The lowest BCUT2D eigenvalue weighted by atomic mass is 10.0. The minimum atomic E-state index is -1.07. The van der Waals surface area contributed by atoms with E-state index in [0.717, 1.165) is 5.06 Å². The number of hydroxylamine groups is 2. The summed E-state index contributed by atoms with van der Waals surface area (Å²) in [5.74, 6) is -1.28. The van der Waals surface area contributed by atoms with Gasteiger partial charge in [-0.2, -0.15) is 0 Å². The quantitative estimate of drug-likeness (QED) is 0.556. The predicted octanol–water partition coefficient (Wildman–Crippen LogP) is 1.28. The molecule has 5 nitrogen and oxygen atoms in total. The molecule has 0 heterocycles. The summed E-state index contributed by atoms with van der Waals surface area (Å²) in [5.41, 5.74) is -0.594. The second-order valence-corrected chi connectivity index (χ2v) is 4.70.